The summed E-state index contributed by atoms with van der Waals surface area (Å²) < 4.78 is 5.94. The van der Waals surface area contributed by atoms with Crippen LogP contribution in [-0.2, 0) is 6.42 Å². The number of anilines is 1. The SMILES string of the molecule is Clc1csc2ncnc(NCCc3ccc(Oc4ncnc5scc(Cl)c45)cc3)c12. The standard InChI is InChI=1S/C20H13Cl2N5OS2/c21-13-7-29-19-15(13)17(24-9-26-19)23-6-5-11-1-3-12(4-2-11)28-18-16-14(22)8-30-20(16)27-10-25-18/h1-4,7-10H,5-6H2,(H,23,24,26). The first-order valence-corrected chi connectivity index (χ1v) is 11.5. The van der Waals surface area contributed by atoms with Crippen molar-refractivity contribution in [2.75, 3.05) is 11.9 Å². The van der Waals surface area contributed by atoms with Crippen LogP contribution in [0.4, 0.5) is 5.82 Å². The number of benzene rings is 1. The van der Waals surface area contributed by atoms with Crippen LogP contribution in [0.1, 0.15) is 5.56 Å². The van der Waals surface area contributed by atoms with Crippen molar-refractivity contribution in [3.63, 3.8) is 0 Å². The maximum atomic E-state index is 6.26. The topological polar surface area (TPSA) is 72.8 Å². The molecule has 0 unspecified atom stereocenters. The molecule has 0 aliphatic heterocycles. The Morgan fingerprint density at radius 2 is 1.50 bits per heavy atom. The number of hydrogen-bond donors (Lipinski definition) is 1. The van der Waals surface area contributed by atoms with Gasteiger partial charge in [0.15, 0.2) is 0 Å². The van der Waals surface area contributed by atoms with Crippen molar-refractivity contribution in [2.45, 2.75) is 6.42 Å². The predicted molar refractivity (Wildman–Crippen MR) is 124 cm³/mol. The Morgan fingerprint density at radius 3 is 2.27 bits per heavy atom. The van der Waals surface area contributed by atoms with Gasteiger partial charge in [0.2, 0.25) is 5.88 Å². The molecule has 0 saturated heterocycles. The van der Waals surface area contributed by atoms with E-state index in [4.69, 9.17) is 27.9 Å². The second-order valence-electron chi connectivity index (χ2n) is 6.35. The first-order chi connectivity index (χ1) is 14.7. The Balaban J connectivity index is 1.25. The minimum atomic E-state index is 0.459. The maximum absolute atomic E-state index is 6.26. The smallest absolute Gasteiger partial charge is 0.232 e. The molecular formula is C20H13Cl2N5OS2. The molecule has 0 fully saturated rings. The molecule has 6 nitrogen and oxygen atoms in total. The second kappa shape index (κ2) is 8.31. The van der Waals surface area contributed by atoms with E-state index in [2.05, 4.69) is 25.3 Å². The van der Waals surface area contributed by atoms with E-state index in [9.17, 15) is 0 Å². The fraction of sp³-hybridized carbons (Fsp3) is 0.100. The highest BCUT2D eigenvalue weighted by atomic mass is 35.5. The largest absolute Gasteiger partial charge is 0.438 e. The van der Waals surface area contributed by atoms with Crippen molar-refractivity contribution in [1.82, 2.24) is 19.9 Å². The summed E-state index contributed by atoms with van der Waals surface area (Å²) >= 11 is 15.5. The molecule has 1 N–H and O–H groups in total. The number of hydrogen-bond acceptors (Lipinski definition) is 8. The summed E-state index contributed by atoms with van der Waals surface area (Å²) in [4.78, 5) is 18.7. The van der Waals surface area contributed by atoms with Gasteiger partial charge >= 0.3 is 0 Å². The van der Waals surface area contributed by atoms with Crippen molar-refractivity contribution in [3.05, 3.63) is 63.3 Å². The van der Waals surface area contributed by atoms with Crippen molar-refractivity contribution in [1.29, 1.82) is 0 Å². The summed E-state index contributed by atoms with van der Waals surface area (Å²) in [6.07, 6.45) is 3.85. The van der Waals surface area contributed by atoms with Gasteiger partial charge in [0.05, 0.1) is 20.8 Å². The van der Waals surface area contributed by atoms with Crippen molar-refractivity contribution >= 4 is 72.1 Å². The van der Waals surface area contributed by atoms with E-state index >= 15 is 0 Å². The van der Waals surface area contributed by atoms with E-state index in [0.717, 1.165) is 44.8 Å². The van der Waals surface area contributed by atoms with Crippen molar-refractivity contribution in [2.24, 2.45) is 0 Å². The molecule has 30 heavy (non-hydrogen) atoms. The molecule has 150 valence electrons. The normalized spacial score (nSPS) is 11.3. The van der Waals surface area contributed by atoms with Gasteiger partial charge in [-0.25, -0.2) is 19.9 Å². The molecule has 4 aromatic heterocycles. The lowest BCUT2D eigenvalue weighted by molar-refractivity contribution is 0.468. The van der Waals surface area contributed by atoms with Crippen molar-refractivity contribution in [3.8, 4) is 11.6 Å². The van der Waals surface area contributed by atoms with Crippen LogP contribution in [0.25, 0.3) is 20.4 Å². The van der Waals surface area contributed by atoms with Crippen LogP contribution < -0.4 is 10.1 Å². The van der Waals surface area contributed by atoms with Gasteiger partial charge in [-0.15, -0.1) is 22.7 Å². The Labute approximate surface area is 189 Å². The molecule has 1 aromatic carbocycles. The summed E-state index contributed by atoms with van der Waals surface area (Å²) in [5.74, 6) is 1.91. The minimum Gasteiger partial charge on any atom is -0.438 e. The monoisotopic (exact) mass is 473 g/mol. The fourth-order valence-corrected chi connectivity index (χ4v) is 5.28. The predicted octanol–water partition coefficient (Wildman–Crippen LogP) is 6.45. The summed E-state index contributed by atoms with van der Waals surface area (Å²) in [6.45, 7) is 0.718. The number of rotatable bonds is 6. The second-order valence-corrected chi connectivity index (χ2v) is 8.88. The number of nitrogens with one attached hydrogen (secondary N) is 1. The van der Waals surface area contributed by atoms with E-state index in [0.29, 0.717) is 21.7 Å². The fourth-order valence-electron chi connectivity index (χ4n) is 3.03. The third-order valence-corrected chi connectivity index (χ3v) is 7.09. The van der Waals surface area contributed by atoms with E-state index in [1.165, 1.54) is 29.0 Å². The highest BCUT2D eigenvalue weighted by Crippen LogP contribution is 2.36. The summed E-state index contributed by atoms with van der Waals surface area (Å²) in [6, 6.07) is 7.89. The third-order valence-electron chi connectivity index (χ3n) is 4.46. The molecule has 0 saturated carbocycles. The van der Waals surface area contributed by atoms with Crippen LogP contribution in [0.3, 0.4) is 0 Å². The molecule has 5 aromatic rings. The number of halogens is 2. The van der Waals surface area contributed by atoms with Crippen LogP contribution >= 0.6 is 45.9 Å². The molecule has 0 aliphatic rings. The lowest BCUT2D eigenvalue weighted by Gasteiger charge is -2.09. The van der Waals surface area contributed by atoms with E-state index in [1.54, 1.807) is 6.33 Å². The number of ether oxygens (including phenoxy) is 1. The highest BCUT2D eigenvalue weighted by molar-refractivity contribution is 7.17. The Kier molecular flexibility index (Phi) is 5.39. The number of thiophene rings is 2. The number of fused-ring (bicyclic) bond motifs is 2. The minimum absolute atomic E-state index is 0.459. The van der Waals surface area contributed by atoms with Gasteiger partial charge in [-0.05, 0) is 24.1 Å². The van der Waals surface area contributed by atoms with E-state index in [1.807, 2.05) is 35.0 Å². The first kappa shape index (κ1) is 19.4. The van der Waals surface area contributed by atoms with Crippen LogP contribution in [0.5, 0.6) is 11.6 Å². The molecule has 5 rings (SSSR count). The van der Waals surface area contributed by atoms with E-state index in [-0.39, 0.29) is 0 Å². The Hall–Kier alpha value is -2.52. The summed E-state index contributed by atoms with van der Waals surface area (Å²) in [5.41, 5.74) is 1.16. The van der Waals surface area contributed by atoms with Crippen LogP contribution in [0, 0.1) is 0 Å². The Morgan fingerprint density at radius 1 is 0.833 bits per heavy atom. The van der Waals surface area contributed by atoms with Gasteiger partial charge in [-0.1, -0.05) is 35.3 Å². The summed E-state index contributed by atoms with van der Waals surface area (Å²) in [7, 11) is 0. The van der Waals surface area contributed by atoms with Crippen LogP contribution in [0.2, 0.25) is 10.0 Å². The first-order valence-electron chi connectivity index (χ1n) is 8.95. The Bertz CT molecular complexity index is 1340. The average Bonchev–Trinajstić information content (AvgIpc) is 3.33. The quantitative estimate of drug-likeness (QED) is 0.305. The molecule has 10 heteroatoms. The van der Waals surface area contributed by atoms with Crippen molar-refractivity contribution < 1.29 is 4.74 Å². The van der Waals surface area contributed by atoms with E-state index < -0.39 is 0 Å². The molecule has 0 atom stereocenters. The molecule has 0 aliphatic carbocycles. The zero-order valence-corrected chi connectivity index (χ0v) is 18.4. The van der Waals surface area contributed by atoms with Gasteiger partial charge in [0, 0.05) is 17.3 Å². The van der Waals surface area contributed by atoms with Gasteiger partial charge in [0.1, 0.15) is 33.9 Å². The molecular weight excluding hydrogens is 461 g/mol. The molecule has 0 radical (unpaired) electrons. The zero-order valence-electron chi connectivity index (χ0n) is 15.3. The van der Waals surface area contributed by atoms with Gasteiger partial charge in [0.25, 0.3) is 0 Å². The molecule has 0 spiro atoms. The molecule has 0 amide bonds. The maximum Gasteiger partial charge on any atom is 0.232 e. The lowest BCUT2D eigenvalue weighted by atomic mass is 10.1. The lowest BCUT2D eigenvalue weighted by Crippen LogP contribution is -2.06. The number of nitrogens with zero attached hydrogens (tertiary/aromatic N) is 4. The van der Waals surface area contributed by atoms with Gasteiger partial charge < -0.3 is 10.1 Å². The highest BCUT2D eigenvalue weighted by Gasteiger charge is 2.12. The van der Waals surface area contributed by atoms with Gasteiger partial charge in [-0.3, -0.25) is 0 Å². The molecule has 4 heterocycles. The third kappa shape index (κ3) is 3.79. The molecule has 0 bridgehead atoms. The number of aromatic nitrogens is 4. The summed E-state index contributed by atoms with van der Waals surface area (Å²) in [5, 5.41) is 9.93. The van der Waals surface area contributed by atoms with Crippen LogP contribution in [0.15, 0.2) is 47.7 Å². The van der Waals surface area contributed by atoms with Gasteiger partial charge in [-0.2, -0.15) is 0 Å². The zero-order chi connectivity index (χ0) is 20.5. The average molecular weight is 474 g/mol. The van der Waals surface area contributed by atoms with Crippen LogP contribution in [-0.4, -0.2) is 26.5 Å².